The minimum Gasteiger partial charge on any atom is -0.378 e. The number of rotatable bonds is 9. The van der Waals surface area contributed by atoms with Crippen molar-refractivity contribution in [3.63, 3.8) is 0 Å². The van der Waals surface area contributed by atoms with E-state index in [0.717, 1.165) is 54.5 Å². The van der Waals surface area contributed by atoms with Gasteiger partial charge in [-0.1, -0.05) is 42.5 Å². The number of nitrogens with zero attached hydrogens (tertiary/aromatic N) is 4. The molecule has 0 bridgehead atoms. The Kier molecular flexibility index (Phi) is 8.45. The smallest absolute Gasteiger partial charge is 0.242 e. The van der Waals surface area contributed by atoms with Gasteiger partial charge in [-0.05, 0) is 68.5 Å². The highest BCUT2D eigenvalue weighted by Crippen LogP contribution is 2.24. The fourth-order valence-corrected chi connectivity index (χ4v) is 4.58. The molecule has 1 amide bonds. The van der Waals surface area contributed by atoms with Crippen LogP contribution in [-0.4, -0.2) is 67.2 Å². The van der Waals surface area contributed by atoms with E-state index in [1.165, 1.54) is 5.69 Å². The first-order valence-electron chi connectivity index (χ1n) is 13.2. The van der Waals surface area contributed by atoms with Crippen LogP contribution in [0.4, 0.5) is 23.0 Å². The molecule has 1 saturated heterocycles. The molecule has 200 valence electrons. The number of benzene rings is 3. The fraction of sp³-hybridized carbons (Fsp3) is 0.258. The molecule has 2 N–H and O–H groups in total. The van der Waals surface area contributed by atoms with Gasteiger partial charge in [0.15, 0.2) is 0 Å². The van der Waals surface area contributed by atoms with Crippen LogP contribution in [0.1, 0.15) is 5.56 Å². The SMILES string of the molecule is CN(C)[C@@H](Cc1ccccc1)C(=O)Nc1ccc(-c2ccnc(Nc3ccc(N4CCOCC4)cc3)n2)cc1. The average Bonchev–Trinajstić information content (AvgIpc) is 2.98. The van der Waals surface area contributed by atoms with Crippen LogP contribution in [0, 0.1) is 0 Å². The molecule has 5 rings (SSSR count). The number of ether oxygens (including phenoxy) is 1. The van der Waals surface area contributed by atoms with Crippen LogP contribution in [0.3, 0.4) is 0 Å². The molecule has 0 aliphatic carbocycles. The van der Waals surface area contributed by atoms with Crippen molar-refractivity contribution in [2.24, 2.45) is 0 Å². The van der Waals surface area contributed by atoms with Crippen molar-refractivity contribution in [2.75, 3.05) is 55.9 Å². The summed E-state index contributed by atoms with van der Waals surface area (Å²) < 4.78 is 5.44. The number of amides is 1. The van der Waals surface area contributed by atoms with Crippen molar-refractivity contribution in [3.8, 4) is 11.3 Å². The lowest BCUT2D eigenvalue weighted by Crippen LogP contribution is -2.41. The number of carbonyl (C=O) groups is 1. The maximum Gasteiger partial charge on any atom is 0.242 e. The van der Waals surface area contributed by atoms with Gasteiger partial charge in [0.25, 0.3) is 0 Å². The maximum absolute atomic E-state index is 13.1. The summed E-state index contributed by atoms with van der Waals surface area (Å²) in [5.74, 6) is 0.489. The summed E-state index contributed by atoms with van der Waals surface area (Å²) >= 11 is 0. The third-order valence-electron chi connectivity index (χ3n) is 6.80. The molecule has 1 aliphatic heterocycles. The summed E-state index contributed by atoms with van der Waals surface area (Å²) in [4.78, 5) is 26.4. The van der Waals surface area contributed by atoms with Crippen molar-refractivity contribution in [1.82, 2.24) is 14.9 Å². The first kappa shape index (κ1) is 26.3. The Morgan fingerprint density at radius 3 is 2.31 bits per heavy atom. The maximum atomic E-state index is 13.1. The number of hydrogen-bond acceptors (Lipinski definition) is 7. The lowest BCUT2D eigenvalue weighted by Gasteiger charge is -2.28. The summed E-state index contributed by atoms with van der Waals surface area (Å²) in [6.07, 6.45) is 2.39. The Labute approximate surface area is 229 Å². The Balaban J connectivity index is 1.21. The highest BCUT2D eigenvalue weighted by atomic mass is 16.5. The lowest BCUT2D eigenvalue weighted by atomic mass is 10.0. The molecule has 8 nitrogen and oxygen atoms in total. The Morgan fingerprint density at radius 2 is 1.62 bits per heavy atom. The van der Waals surface area contributed by atoms with Crippen LogP contribution in [-0.2, 0) is 16.0 Å². The fourth-order valence-electron chi connectivity index (χ4n) is 4.58. The van der Waals surface area contributed by atoms with E-state index in [1.807, 2.05) is 91.8 Å². The van der Waals surface area contributed by atoms with Crippen molar-refractivity contribution in [1.29, 1.82) is 0 Å². The van der Waals surface area contributed by atoms with E-state index in [4.69, 9.17) is 9.72 Å². The van der Waals surface area contributed by atoms with E-state index in [9.17, 15) is 4.79 Å². The van der Waals surface area contributed by atoms with Crippen molar-refractivity contribution >= 4 is 28.9 Å². The molecular weight excluding hydrogens is 488 g/mol. The van der Waals surface area contributed by atoms with Gasteiger partial charge in [0, 0.05) is 41.9 Å². The molecule has 4 aromatic rings. The highest BCUT2D eigenvalue weighted by molar-refractivity contribution is 5.95. The van der Waals surface area contributed by atoms with Crippen LogP contribution in [0.25, 0.3) is 11.3 Å². The van der Waals surface area contributed by atoms with E-state index in [1.54, 1.807) is 6.20 Å². The van der Waals surface area contributed by atoms with Crippen LogP contribution < -0.4 is 15.5 Å². The van der Waals surface area contributed by atoms with E-state index in [0.29, 0.717) is 12.4 Å². The Morgan fingerprint density at radius 1 is 0.923 bits per heavy atom. The molecule has 1 aliphatic rings. The Bertz CT molecular complexity index is 1350. The van der Waals surface area contributed by atoms with Crippen molar-refractivity contribution in [2.45, 2.75) is 12.5 Å². The average molecular weight is 523 g/mol. The first-order valence-corrected chi connectivity index (χ1v) is 13.2. The minimum atomic E-state index is -0.273. The molecule has 2 heterocycles. The monoisotopic (exact) mass is 522 g/mol. The standard InChI is InChI=1S/C31H34N6O2/c1-36(2)29(22-23-6-4-3-5-7-23)30(38)33-25-10-8-24(9-11-25)28-16-17-32-31(35-28)34-26-12-14-27(15-13-26)37-18-20-39-21-19-37/h3-17,29H,18-22H2,1-2H3,(H,33,38)(H,32,34,35)/t29-/m0/s1. The van der Waals surface area contributed by atoms with E-state index in [-0.39, 0.29) is 11.9 Å². The molecule has 1 atom stereocenters. The molecule has 0 spiro atoms. The van der Waals surface area contributed by atoms with Gasteiger partial charge in [0.2, 0.25) is 11.9 Å². The number of aromatic nitrogens is 2. The zero-order valence-corrected chi connectivity index (χ0v) is 22.4. The summed E-state index contributed by atoms with van der Waals surface area (Å²) in [6.45, 7) is 3.34. The molecule has 1 aromatic heterocycles. The van der Waals surface area contributed by atoms with Gasteiger partial charge in [0.1, 0.15) is 0 Å². The van der Waals surface area contributed by atoms with Crippen LogP contribution in [0.5, 0.6) is 0 Å². The van der Waals surface area contributed by atoms with Crippen molar-refractivity contribution < 1.29 is 9.53 Å². The van der Waals surface area contributed by atoms with Gasteiger partial charge in [0.05, 0.1) is 24.9 Å². The third-order valence-corrected chi connectivity index (χ3v) is 6.80. The van der Waals surface area contributed by atoms with Gasteiger partial charge in [-0.3, -0.25) is 9.69 Å². The number of carbonyl (C=O) groups excluding carboxylic acids is 1. The topological polar surface area (TPSA) is 82.6 Å². The van der Waals surface area contributed by atoms with Crippen LogP contribution in [0.2, 0.25) is 0 Å². The highest BCUT2D eigenvalue weighted by Gasteiger charge is 2.21. The quantitative estimate of drug-likeness (QED) is 0.326. The van der Waals surface area contributed by atoms with Crippen LogP contribution in [0.15, 0.2) is 91.1 Å². The molecule has 39 heavy (non-hydrogen) atoms. The second-order valence-corrected chi connectivity index (χ2v) is 9.77. The number of hydrogen-bond donors (Lipinski definition) is 2. The zero-order chi connectivity index (χ0) is 27.0. The summed E-state index contributed by atoms with van der Waals surface area (Å²) in [5, 5.41) is 6.36. The summed E-state index contributed by atoms with van der Waals surface area (Å²) in [5.41, 5.74) is 5.72. The third kappa shape index (κ3) is 6.98. The summed E-state index contributed by atoms with van der Waals surface area (Å²) in [6, 6.07) is 27.7. The lowest BCUT2D eigenvalue weighted by molar-refractivity contribution is -0.120. The van der Waals surface area contributed by atoms with Gasteiger partial charge in [-0.25, -0.2) is 9.97 Å². The molecule has 0 saturated carbocycles. The molecule has 8 heteroatoms. The number of morpholine rings is 1. The second kappa shape index (κ2) is 12.5. The molecule has 3 aromatic carbocycles. The summed E-state index contributed by atoms with van der Waals surface area (Å²) in [7, 11) is 3.85. The van der Waals surface area contributed by atoms with Gasteiger partial charge in [-0.2, -0.15) is 0 Å². The molecular formula is C31H34N6O2. The Hall–Kier alpha value is -4.27. The van der Waals surface area contributed by atoms with E-state index < -0.39 is 0 Å². The second-order valence-electron chi connectivity index (χ2n) is 9.77. The largest absolute Gasteiger partial charge is 0.378 e. The number of nitrogens with one attached hydrogen (secondary N) is 2. The minimum absolute atomic E-state index is 0.0373. The van der Waals surface area contributed by atoms with Crippen LogP contribution >= 0.6 is 0 Å². The number of anilines is 4. The van der Waals surface area contributed by atoms with Gasteiger partial charge >= 0.3 is 0 Å². The van der Waals surface area contributed by atoms with Crippen molar-refractivity contribution in [3.05, 3.63) is 96.7 Å². The normalized spacial score (nSPS) is 14.2. The molecule has 0 unspecified atom stereocenters. The van der Waals surface area contributed by atoms with E-state index >= 15 is 0 Å². The molecule has 1 fully saturated rings. The first-order chi connectivity index (χ1) is 19.0. The van der Waals surface area contributed by atoms with E-state index in [2.05, 4.69) is 32.7 Å². The van der Waals surface area contributed by atoms with Gasteiger partial charge < -0.3 is 20.3 Å². The molecule has 0 radical (unpaired) electrons. The zero-order valence-electron chi connectivity index (χ0n) is 22.4. The predicted octanol–water partition coefficient (Wildman–Crippen LogP) is 4.84. The predicted molar refractivity (Wildman–Crippen MR) is 156 cm³/mol. The van der Waals surface area contributed by atoms with Gasteiger partial charge in [-0.15, -0.1) is 0 Å². The number of likely N-dealkylation sites (N-methyl/N-ethyl adjacent to an activating group) is 1.